The van der Waals surface area contributed by atoms with E-state index in [1.807, 2.05) is 24.3 Å². The number of sulfonamides is 1. The van der Waals surface area contributed by atoms with Gasteiger partial charge in [0.2, 0.25) is 10.0 Å². The number of hydrogen-bond acceptors (Lipinski definition) is 7. The van der Waals surface area contributed by atoms with Gasteiger partial charge in [0.15, 0.2) is 0 Å². The maximum absolute atomic E-state index is 13.0. The lowest BCUT2D eigenvalue weighted by Crippen LogP contribution is -2.36. The summed E-state index contributed by atoms with van der Waals surface area (Å²) < 4.78 is 42.3. The molecule has 28 heavy (non-hydrogen) atoms. The SMILES string of the molecule is COc1ccc(C(CNS(=O)(=O)c2cccc3nsnc23)N2CCCC2)cc1. The van der Waals surface area contributed by atoms with Gasteiger partial charge in [-0.1, -0.05) is 18.2 Å². The van der Waals surface area contributed by atoms with Crippen molar-refractivity contribution in [2.75, 3.05) is 26.7 Å². The van der Waals surface area contributed by atoms with Crippen LogP contribution in [0.2, 0.25) is 0 Å². The number of fused-ring (bicyclic) bond motifs is 1. The first-order valence-electron chi connectivity index (χ1n) is 9.17. The fraction of sp³-hybridized carbons (Fsp3) is 0.368. The van der Waals surface area contributed by atoms with Crippen LogP contribution in [0.15, 0.2) is 47.4 Å². The summed E-state index contributed by atoms with van der Waals surface area (Å²) in [6.07, 6.45) is 2.26. The molecule has 1 unspecified atom stereocenters. The van der Waals surface area contributed by atoms with Gasteiger partial charge in [-0.05, 0) is 55.8 Å². The number of rotatable bonds is 7. The van der Waals surface area contributed by atoms with E-state index >= 15 is 0 Å². The summed E-state index contributed by atoms with van der Waals surface area (Å²) >= 11 is 1.02. The molecule has 0 aliphatic carbocycles. The summed E-state index contributed by atoms with van der Waals surface area (Å²) in [5, 5.41) is 0. The molecule has 1 saturated heterocycles. The summed E-state index contributed by atoms with van der Waals surface area (Å²) in [6.45, 7) is 2.22. The van der Waals surface area contributed by atoms with Crippen LogP contribution in [0.5, 0.6) is 5.75 Å². The Hall–Kier alpha value is -2.07. The smallest absolute Gasteiger partial charge is 0.242 e. The van der Waals surface area contributed by atoms with E-state index in [1.165, 1.54) is 0 Å². The van der Waals surface area contributed by atoms with Crippen molar-refractivity contribution in [3.63, 3.8) is 0 Å². The molecule has 2 aromatic carbocycles. The molecule has 0 spiro atoms. The molecule has 0 bridgehead atoms. The van der Waals surface area contributed by atoms with Gasteiger partial charge in [0, 0.05) is 12.6 Å². The Bertz CT molecular complexity index is 1040. The molecule has 0 radical (unpaired) electrons. The lowest BCUT2D eigenvalue weighted by atomic mass is 10.1. The maximum Gasteiger partial charge on any atom is 0.242 e. The second-order valence-electron chi connectivity index (χ2n) is 6.77. The minimum atomic E-state index is -3.70. The zero-order valence-electron chi connectivity index (χ0n) is 15.5. The van der Waals surface area contributed by atoms with Gasteiger partial charge in [0.1, 0.15) is 21.7 Å². The van der Waals surface area contributed by atoms with Crippen LogP contribution in [0.25, 0.3) is 11.0 Å². The van der Waals surface area contributed by atoms with E-state index in [9.17, 15) is 8.42 Å². The molecule has 9 heteroatoms. The van der Waals surface area contributed by atoms with Crippen LogP contribution in [0.3, 0.4) is 0 Å². The van der Waals surface area contributed by atoms with Crippen LogP contribution in [-0.2, 0) is 10.0 Å². The average molecular weight is 419 g/mol. The van der Waals surface area contributed by atoms with Gasteiger partial charge in [-0.25, -0.2) is 13.1 Å². The first kappa shape index (κ1) is 19.3. The molecule has 1 fully saturated rings. The van der Waals surface area contributed by atoms with Gasteiger partial charge in [-0.3, -0.25) is 4.90 Å². The van der Waals surface area contributed by atoms with Gasteiger partial charge in [-0.2, -0.15) is 8.75 Å². The molecule has 7 nitrogen and oxygen atoms in total. The normalized spacial score (nSPS) is 16.5. The van der Waals surface area contributed by atoms with Gasteiger partial charge in [-0.15, -0.1) is 0 Å². The van der Waals surface area contributed by atoms with E-state index in [2.05, 4.69) is 18.4 Å². The van der Waals surface area contributed by atoms with Crippen molar-refractivity contribution < 1.29 is 13.2 Å². The van der Waals surface area contributed by atoms with Crippen molar-refractivity contribution in [1.82, 2.24) is 18.4 Å². The van der Waals surface area contributed by atoms with E-state index in [0.717, 1.165) is 49.0 Å². The van der Waals surface area contributed by atoms with Crippen LogP contribution < -0.4 is 9.46 Å². The highest BCUT2D eigenvalue weighted by Crippen LogP contribution is 2.27. The Balaban J connectivity index is 1.59. The molecular formula is C19H22N4O3S2. The lowest BCUT2D eigenvalue weighted by Gasteiger charge is -2.28. The number of likely N-dealkylation sites (tertiary alicyclic amines) is 1. The van der Waals surface area contributed by atoms with E-state index in [-0.39, 0.29) is 10.9 Å². The van der Waals surface area contributed by atoms with Crippen LogP contribution in [0.1, 0.15) is 24.4 Å². The fourth-order valence-corrected chi connectivity index (χ4v) is 5.40. The zero-order chi connectivity index (χ0) is 19.6. The van der Waals surface area contributed by atoms with Crippen molar-refractivity contribution in [1.29, 1.82) is 0 Å². The van der Waals surface area contributed by atoms with Crippen LogP contribution in [0.4, 0.5) is 0 Å². The van der Waals surface area contributed by atoms with Crippen LogP contribution in [-0.4, -0.2) is 48.8 Å². The van der Waals surface area contributed by atoms with E-state index < -0.39 is 10.0 Å². The number of nitrogens with zero attached hydrogens (tertiary/aromatic N) is 3. The molecule has 1 aliphatic rings. The Morgan fingerprint density at radius 2 is 1.89 bits per heavy atom. The van der Waals surface area contributed by atoms with E-state index in [4.69, 9.17) is 4.74 Å². The van der Waals surface area contributed by atoms with Gasteiger partial charge in [0.25, 0.3) is 0 Å². The van der Waals surface area contributed by atoms with Gasteiger partial charge < -0.3 is 4.74 Å². The fourth-order valence-electron chi connectivity index (χ4n) is 3.60. The third-order valence-electron chi connectivity index (χ3n) is 5.09. The molecule has 3 aromatic rings. The quantitative estimate of drug-likeness (QED) is 0.635. The summed E-state index contributed by atoms with van der Waals surface area (Å²) in [5.74, 6) is 0.784. The topological polar surface area (TPSA) is 84.4 Å². The van der Waals surface area contributed by atoms with E-state index in [0.29, 0.717) is 17.6 Å². The average Bonchev–Trinajstić information content (AvgIpc) is 3.40. The lowest BCUT2D eigenvalue weighted by molar-refractivity contribution is 0.246. The number of benzene rings is 2. The Morgan fingerprint density at radius 1 is 1.14 bits per heavy atom. The van der Waals surface area contributed by atoms with Crippen molar-refractivity contribution in [3.8, 4) is 5.75 Å². The van der Waals surface area contributed by atoms with Crippen molar-refractivity contribution >= 4 is 32.8 Å². The molecule has 1 aromatic heterocycles. The molecule has 0 saturated carbocycles. The number of nitrogens with one attached hydrogen (secondary N) is 1. The number of ether oxygens (including phenoxy) is 1. The number of aromatic nitrogens is 2. The molecular weight excluding hydrogens is 396 g/mol. The van der Waals surface area contributed by atoms with Crippen molar-refractivity contribution in [3.05, 3.63) is 48.0 Å². The van der Waals surface area contributed by atoms with Crippen molar-refractivity contribution in [2.45, 2.75) is 23.8 Å². The molecule has 1 N–H and O–H groups in total. The second-order valence-corrected chi connectivity index (χ2v) is 9.04. The third-order valence-corrected chi connectivity index (χ3v) is 7.08. The van der Waals surface area contributed by atoms with E-state index in [1.54, 1.807) is 25.3 Å². The standard InChI is InChI=1S/C19H22N4O3S2/c1-26-15-9-7-14(8-10-15)17(23-11-2-3-12-23)13-20-28(24,25)18-6-4-5-16-19(18)22-27-21-16/h4-10,17,20H,2-3,11-13H2,1H3. The van der Waals surface area contributed by atoms with Crippen LogP contribution >= 0.6 is 11.7 Å². The largest absolute Gasteiger partial charge is 0.497 e. The Morgan fingerprint density at radius 3 is 2.61 bits per heavy atom. The third kappa shape index (κ3) is 3.88. The van der Waals surface area contributed by atoms with Gasteiger partial charge >= 0.3 is 0 Å². The van der Waals surface area contributed by atoms with Crippen molar-refractivity contribution in [2.24, 2.45) is 0 Å². The highest BCUT2D eigenvalue weighted by molar-refractivity contribution is 7.89. The van der Waals surface area contributed by atoms with Crippen LogP contribution in [0, 0.1) is 0 Å². The molecule has 148 valence electrons. The first-order valence-corrected chi connectivity index (χ1v) is 11.4. The minimum Gasteiger partial charge on any atom is -0.497 e. The maximum atomic E-state index is 13.0. The highest BCUT2D eigenvalue weighted by atomic mass is 32.2. The summed E-state index contributed by atoms with van der Waals surface area (Å²) in [4.78, 5) is 2.50. The summed E-state index contributed by atoms with van der Waals surface area (Å²) in [5.41, 5.74) is 2.08. The molecule has 1 atom stereocenters. The molecule has 0 amide bonds. The molecule has 1 aliphatic heterocycles. The zero-order valence-corrected chi connectivity index (χ0v) is 17.2. The number of methoxy groups -OCH3 is 1. The second kappa shape index (κ2) is 8.12. The van der Waals surface area contributed by atoms with Gasteiger partial charge in [0.05, 0.1) is 18.8 Å². The minimum absolute atomic E-state index is 0.0315. The monoisotopic (exact) mass is 418 g/mol. The first-order chi connectivity index (χ1) is 13.6. The Labute approximate surface area is 168 Å². The molecule has 2 heterocycles. The summed E-state index contributed by atoms with van der Waals surface area (Å²) in [6, 6.07) is 12.8. The summed E-state index contributed by atoms with van der Waals surface area (Å²) in [7, 11) is -2.07. The predicted molar refractivity (Wildman–Crippen MR) is 109 cm³/mol. The number of hydrogen-bond donors (Lipinski definition) is 1. The molecule has 4 rings (SSSR count). The predicted octanol–water partition coefficient (Wildman–Crippen LogP) is 2.82. The highest BCUT2D eigenvalue weighted by Gasteiger charge is 2.27. The Kier molecular flexibility index (Phi) is 5.58.